The number of fused-ring (bicyclic) bond motifs is 1. The van der Waals surface area contributed by atoms with Crippen molar-refractivity contribution in [3.8, 4) is 0 Å². The van der Waals surface area contributed by atoms with Gasteiger partial charge in [-0.3, -0.25) is 0 Å². The van der Waals surface area contributed by atoms with Gasteiger partial charge < -0.3 is 14.8 Å². The molecule has 1 N–H and O–H groups in total. The molecular formula is C12H15N3O2. The second kappa shape index (κ2) is 5.56. The average molecular weight is 233 g/mol. The monoisotopic (exact) mass is 233 g/mol. The number of nitrogens with zero attached hydrogens (tertiary/aromatic N) is 2. The van der Waals surface area contributed by atoms with Crippen LogP contribution in [0.2, 0.25) is 0 Å². The van der Waals surface area contributed by atoms with Gasteiger partial charge in [0.1, 0.15) is 0 Å². The summed E-state index contributed by atoms with van der Waals surface area (Å²) < 4.78 is 10.2. The number of nitrogens with one attached hydrogen (secondary N) is 1. The Kier molecular flexibility index (Phi) is 3.85. The normalized spacial score (nSPS) is 11.0. The standard InChI is InChI=1S/C12H15N3O2/c1-16-11(17-2)8-13-12-10-6-4-3-5-9(10)7-14-15-12/h3-7,11H,8H2,1-2H3,(H,13,15). The van der Waals surface area contributed by atoms with Gasteiger partial charge in [0.05, 0.1) is 12.7 Å². The van der Waals surface area contributed by atoms with Crippen LogP contribution in [-0.2, 0) is 9.47 Å². The summed E-state index contributed by atoms with van der Waals surface area (Å²) in [7, 11) is 3.20. The molecule has 0 atom stereocenters. The topological polar surface area (TPSA) is 56.3 Å². The molecule has 0 amide bonds. The van der Waals surface area contributed by atoms with Gasteiger partial charge in [0.15, 0.2) is 12.1 Å². The number of ether oxygens (including phenoxy) is 2. The van der Waals surface area contributed by atoms with Crippen molar-refractivity contribution in [2.24, 2.45) is 0 Å². The Balaban J connectivity index is 2.18. The Hall–Kier alpha value is -1.72. The zero-order valence-corrected chi connectivity index (χ0v) is 9.88. The highest BCUT2D eigenvalue weighted by Gasteiger charge is 2.07. The second-order valence-electron chi connectivity index (χ2n) is 3.56. The Bertz CT molecular complexity index is 481. The van der Waals surface area contributed by atoms with Crippen LogP contribution in [0.3, 0.4) is 0 Å². The van der Waals surface area contributed by atoms with Crippen molar-refractivity contribution in [1.29, 1.82) is 0 Å². The molecule has 2 rings (SSSR count). The highest BCUT2D eigenvalue weighted by Crippen LogP contribution is 2.19. The molecule has 2 aromatic rings. The van der Waals surface area contributed by atoms with Gasteiger partial charge in [-0.15, -0.1) is 5.10 Å². The third-order valence-electron chi connectivity index (χ3n) is 2.53. The van der Waals surface area contributed by atoms with Crippen LogP contribution < -0.4 is 5.32 Å². The van der Waals surface area contributed by atoms with E-state index in [4.69, 9.17) is 9.47 Å². The molecule has 90 valence electrons. The predicted molar refractivity (Wildman–Crippen MR) is 65.8 cm³/mol. The SMILES string of the molecule is COC(CNc1nncc2ccccc12)OC. The molecule has 5 heteroatoms. The van der Waals surface area contributed by atoms with Crippen LogP contribution in [0.1, 0.15) is 0 Å². The lowest BCUT2D eigenvalue weighted by Crippen LogP contribution is -2.24. The molecule has 0 saturated carbocycles. The number of methoxy groups -OCH3 is 2. The van der Waals surface area contributed by atoms with E-state index in [9.17, 15) is 0 Å². The fraction of sp³-hybridized carbons (Fsp3) is 0.333. The van der Waals surface area contributed by atoms with Gasteiger partial charge in [0, 0.05) is 25.0 Å². The van der Waals surface area contributed by atoms with Crippen LogP contribution in [0.4, 0.5) is 5.82 Å². The Labute approximate surface area is 99.8 Å². The van der Waals surface area contributed by atoms with Gasteiger partial charge in [-0.1, -0.05) is 24.3 Å². The summed E-state index contributed by atoms with van der Waals surface area (Å²) >= 11 is 0. The molecule has 0 aliphatic carbocycles. The fourth-order valence-electron chi connectivity index (χ4n) is 1.60. The van der Waals surface area contributed by atoms with E-state index in [2.05, 4.69) is 15.5 Å². The average Bonchev–Trinajstić information content (AvgIpc) is 2.40. The number of rotatable bonds is 5. The molecule has 0 fully saturated rings. The molecule has 0 aliphatic rings. The van der Waals surface area contributed by atoms with Gasteiger partial charge in [0.25, 0.3) is 0 Å². The highest BCUT2D eigenvalue weighted by atomic mass is 16.7. The van der Waals surface area contributed by atoms with Crippen molar-refractivity contribution < 1.29 is 9.47 Å². The lowest BCUT2D eigenvalue weighted by molar-refractivity contribution is -0.0914. The van der Waals surface area contributed by atoms with Crippen LogP contribution in [0.25, 0.3) is 10.8 Å². The highest BCUT2D eigenvalue weighted by molar-refractivity contribution is 5.90. The van der Waals surface area contributed by atoms with E-state index in [0.717, 1.165) is 16.6 Å². The first kappa shape index (κ1) is 11.8. The van der Waals surface area contributed by atoms with Gasteiger partial charge in [-0.2, -0.15) is 5.10 Å². The molecule has 1 heterocycles. The van der Waals surface area contributed by atoms with Crippen molar-refractivity contribution in [2.45, 2.75) is 6.29 Å². The summed E-state index contributed by atoms with van der Waals surface area (Å²) in [6.45, 7) is 0.523. The smallest absolute Gasteiger partial charge is 0.173 e. The summed E-state index contributed by atoms with van der Waals surface area (Å²) in [6, 6.07) is 7.94. The maximum Gasteiger partial charge on any atom is 0.173 e. The molecule has 1 aromatic carbocycles. The first-order valence-corrected chi connectivity index (χ1v) is 5.35. The molecule has 0 radical (unpaired) electrons. The van der Waals surface area contributed by atoms with Gasteiger partial charge in [-0.05, 0) is 0 Å². The molecule has 0 saturated heterocycles. The summed E-state index contributed by atoms with van der Waals surface area (Å²) in [5.41, 5.74) is 0. The first-order chi connectivity index (χ1) is 8.35. The summed E-state index contributed by atoms with van der Waals surface area (Å²) in [6.07, 6.45) is 1.45. The van der Waals surface area contributed by atoms with Crippen LogP contribution in [0.5, 0.6) is 0 Å². The van der Waals surface area contributed by atoms with Crippen LogP contribution in [-0.4, -0.2) is 37.3 Å². The lowest BCUT2D eigenvalue weighted by atomic mass is 10.2. The number of anilines is 1. The third-order valence-corrected chi connectivity index (χ3v) is 2.53. The molecule has 17 heavy (non-hydrogen) atoms. The molecule has 5 nitrogen and oxygen atoms in total. The molecular weight excluding hydrogens is 218 g/mol. The van der Waals surface area contributed by atoms with Crippen LogP contribution in [0, 0.1) is 0 Å². The van der Waals surface area contributed by atoms with Gasteiger partial charge >= 0.3 is 0 Å². The Morgan fingerprint density at radius 2 is 2.00 bits per heavy atom. The van der Waals surface area contributed by atoms with E-state index in [-0.39, 0.29) is 6.29 Å². The minimum absolute atomic E-state index is 0.296. The van der Waals surface area contributed by atoms with Crippen molar-refractivity contribution >= 4 is 16.6 Å². The zero-order chi connectivity index (χ0) is 12.1. The van der Waals surface area contributed by atoms with Crippen molar-refractivity contribution in [3.63, 3.8) is 0 Å². The number of aromatic nitrogens is 2. The van der Waals surface area contributed by atoms with Gasteiger partial charge in [0.2, 0.25) is 0 Å². The zero-order valence-electron chi connectivity index (χ0n) is 9.88. The van der Waals surface area contributed by atoms with E-state index in [1.54, 1.807) is 20.4 Å². The first-order valence-electron chi connectivity index (χ1n) is 5.35. The lowest BCUT2D eigenvalue weighted by Gasteiger charge is -2.14. The van der Waals surface area contributed by atoms with Crippen LogP contribution in [0.15, 0.2) is 30.5 Å². The van der Waals surface area contributed by atoms with E-state index in [1.807, 2.05) is 24.3 Å². The van der Waals surface area contributed by atoms with Crippen molar-refractivity contribution in [2.75, 3.05) is 26.1 Å². The van der Waals surface area contributed by atoms with Crippen molar-refractivity contribution in [1.82, 2.24) is 10.2 Å². The molecule has 0 aliphatic heterocycles. The van der Waals surface area contributed by atoms with Crippen molar-refractivity contribution in [3.05, 3.63) is 30.5 Å². The number of hydrogen-bond donors (Lipinski definition) is 1. The Morgan fingerprint density at radius 1 is 1.24 bits per heavy atom. The van der Waals surface area contributed by atoms with E-state index in [0.29, 0.717) is 6.54 Å². The van der Waals surface area contributed by atoms with E-state index < -0.39 is 0 Å². The number of benzene rings is 1. The third kappa shape index (κ3) is 2.69. The second-order valence-corrected chi connectivity index (χ2v) is 3.56. The van der Waals surface area contributed by atoms with Crippen LogP contribution >= 0.6 is 0 Å². The maximum absolute atomic E-state index is 5.10. The molecule has 0 unspecified atom stereocenters. The summed E-state index contributed by atoms with van der Waals surface area (Å²) in [5.74, 6) is 0.738. The molecule has 1 aromatic heterocycles. The minimum atomic E-state index is -0.296. The number of hydrogen-bond acceptors (Lipinski definition) is 5. The van der Waals surface area contributed by atoms with E-state index >= 15 is 0 Å². The minimum Gasteiger partial charge on any atom is -0.363 e. The Morgan fingerprint density at radius 3 is 2.76 bits per heavy atom. The predicted octanol–water partition coefficient (Wildman–Crippen LogP) is 1.66. The molecule has 0 bridgehead atoms. The largest absolute Gasteiger partial charge is 0.363 e. The summed E-state index contributed by atoms with van der Waals surface area (Å²) in [5, 5.41) is 13.3. The quantitative estimate of drug-likeness (QED) is 0.796. The fourth-order valence-corrected chi connectivity index (χ4v) is 1.60. The summed E-state index contributed by atoms with van der Waals surface area (Å²) in [4.78, 5) is 0. The van der Waals surface area contributed by atoms with E-state index in [1.165, 1.54) is 0 Å². The molecule has 0 spiro atoms. The van der Waals surface area contributed by atoms with Gasteiger partial charge in [-0.25, -0.2) is 0 Å². The maximum atomic E-state index is 5.10.